The summed E-state index contributed by atoms with van der Waals surface area (Å²) in [7, 11) is 0. The maximum atomic E-state index is 11.6. The van der Waals surface area contributed by atoms with Crippen molar-refractivity contribution >= 4 is 27.9 Å². The summed E-state index contributed by atoms with van der Waals surface area (Å²) < 4.78 is 0. The van der Waals surface area contributed by atoms with Gasteiger partial charge >= 0.3 is 5.69 Å². The molecule has 0 radical (unpaired) electrons. The lowest BCUT2D eigenvalue weighted by Crippen LogP contribution is -2.36. The normalized spacial score (nSPS) is 12.0. The molecule has 112 valence electrons. The van der Waals surface area contributed by atoms with Gasteiger partial charge in [0.25, 0.3) is 0 Å². The molecule has 2 N–H and O–H groups in total. The van der Waals surface area contributed by atoms with Crippen molar-refractivity contribution in [3.8, 4) is 0 Å². The van der Waals surface area contributed by atoms with E-state index in [-0.39, 0.29) is 18.1 Å². The van der Waals surface area contributed by atoms with Crippen LogP contribution in [0, 0.1) is 10.1 Å². The second-order valence-corrected chi connectivity index (χ2v) is 5.30. The monoisotopic (exact) mass is 301 g/mol. The molecule has 1 heterocycles. The minimum Gasteiger partial charge on any atom is -0.388 e. The van der Waals surface area contributed by atoms with E-state index in [1.807, 2.05) is 13.8 Å². The van der Waals surface area contributed by atoms with Crippen LogP contribution in [-0.4, -0.2) is 35.6 Å². The number of anilines is 1. The SMILES string of the molecule is CCNC(=O)CN(CC)c1sc(C(C)O)cc1[N+](=O)[O-]. The number of carbonyl (C=O) groups is 1. The summed E-state index contributed by atoms with van der Waals surface area (Å²) in [4.78, 5) is 24.4. The number of aliphatic hydroxyl groups excluding tert-OH is 1. The Morgan fingerprint density at radius 3 is 2.70 bits per heavy atom. The lowest BCUT2D eigenvalue weighted by atomic mass is 10.3. The van der Waals surface area contributed by atoms with Crippen LogP contribution in [0.25, 0.3) is 0 Å². The highest BCUT2D eigenvalue weighted by atomic mass is 32.1. The molecule has 0 saturated carbocycles. The van der Waals surface area contributed by atoms with Gasteiger partial charge in [-0.15, -0.1) is 11.3 Å². The summed E-state index contributed by atoms with van der Waals surface area (Å²) in [6.45, 7) is 6.24. The average molecular weight is 301 g/mol. The average Bonchev–Trinajstić information content (AvgIpc) is 2.81. The lowest BCUT2D eigenvalue weighted by molar-refractivity contribution is -0.383. The molecule has 1 aromatic rings. The zero-order valence-corrected chi connectivity index (χ0v) is 12.6. The van der Waals surface area contributed by atoms with E-state index in [0.717, 1.165) is 11.3 Å². The fourth-order valence-corrected chi connectivity index (χ4v) is 2.83. The van der Waals surface area contributed by atoms with Crippen molar-refractivity contribution in [1.82, 2.24) is 5.32 Å². The molecule has 0 saturated heterocycles. The number of hydrogen-bond donors (Lipinski definition) is 2. The minimum atomic E-state index is -0.768. The van der Waals surface area contributed by atoms with E-state index in [1.54, 1.807) is 11.8 Å². The van der Waals surface area contributed by atoms with Crippen molar-refractivity contribution in [1.29, 1.82) is 0 Å². The molecule has 7 nitrogen and oxygen atoms in total. The first-order valence-electron chi connectivity index (χ1n) is 6.38. The van der Waals surface area contributed by atoms with E-state index in [4.69, 9.17) is 0 Å². The number of rotatable bonds is 7. The van der Waals surface area contributed by atoms with Crippen LogP contribution in [0.1, 0.15) is 31.8 Å². The van der Waals surface area contributed by atoms with E-state index in [9.17, 15) is 20.0 Å². The maximum Gasteiger partial charge on any atom is 0.304 e. The Hall–Kier alpha value is -1.67. The molecule has 0 bridgehead atoms. The van der Waals surface area contributed by atoms with Crippen LogP contribution < -0.4 is 10.2 Å². The third kappa shape index (κ3) is 3.91. The van der Waals surface area contributed by atoms with Gasteiger partial charge in [0.2, 0.25) is 5.91 Å². The molecule has 0 aromatic carbocycles. The molecule has 1 aromatic heterocycles. The number of likely N-dealkylation sites (N-methyl/N-ethyl adjacent to an activating group) is 2. The largest absolute Gasteiger partial charge is 0.388 e. The van der Waals surface area contributed by atoms with Crippen LogP contribution in [0.2, 0.25) is 0 Å². The molecule has 8 heteroatoms. The first-order valence-corrected chi connectivity index (χ1v) is 7.20. The third-order valence-corrected chi connectivity index (χ3v) is 4.05. The molecule has 1 atom stereocenters. The number of nitrogens with zero attached hydrogens (tertiary/aromatic N) is 2. The zero-order chi connectivity index (χ0) is 15.3. The lowest BCUT2D eigenvalue weighted by Gasteiger charge is -2.19. The van der Waals surface area contributed by atoms with Crippen molar-refractivity contribution in [3.63, 3.8) is 0 Å². The molecule has 0 fully saturated rings. The Morgan fingerprint density at radius 2 is 2.25 bits per heavy atom. The number of nitrogens with one attached hydrogen (secondary N) is 1. The summed E-state index contributed by atoms with van der Waals surface area (Å²) >= 11 is 1.14. The molecular formula is C12H19N3O4S. The van der Waals surface area contributed by atoms with Crippen LogP contribution in [0.4, 0.5) is 10.7 Å². The molecule has 0 aliphatic carbocycles. The van der Waals surface area contributed by atoms with Gasteiger partial charge in [-0.1, -0.05) is 0 Å². The zero-order valence-electron chi connectivity index (χ0n) is 11.8. The van der Waals surface area contributed by atoms with Gasteiger partial charge in [-0.05, 0) is 20.8 Å². The second-order valence-electron chi connectivity index (χ2n) is 4.24. The van der Waals surface area contributed by atoms with Gasteiger partial charge in [-0.3, -0.25) is 14.9 Å². The summed E-state index contributed by atoms with van der Waals surface area (Å²) in [5, 5.41) is 23.7. The topological polar surface area (TPSA) is 95.7 Å². The van der Waals surface area contributed by atoms with E-state index >= 15 is 0 Å². The molecule has 0 aliphatic heterocycles. The number of aliphatic hydroxyl groups is 1. The van der Waals surface area contributed by atoms with Crippen LogP contribution in [0.3, 0.4) is 0 Å². The molecule has 20 heavy (non-hydrogen) atoms. The highest BCUT2D eigenvalue weighted by molar-refractivity contribution is 7.16. The Kier molecular flexibility index (Phi) is 5.90. The van der Waals surface area contributed by atoms with E-state index < -0.39 is 11.0 Å². The summed E-state index contributed by atoms with van der Waals surface area (Å²) in [5.74, 6) is -0.185. The Labute approximate surface area is 121 Å². The van der Waals surface area contributed by atoms with Crippen LogP contribution in [-0.2, 0) is 4.79 Å². The highest BCUT2D eigenvalue weighted by Gasteiger charge is 2.25. The number of hydrogen-bond acceptors (Lipinski definition) is 6. The Morgan fingerprint density at radius 1 is 1.60 bits per heavy atom. The van der Waals surface area contributed by atoms with Crippen LogP contribution >= 0.6 is 11.3 Å². The van der Waals surface area contributed by atoms with E-state index in [2.05, 4.69) is 5.32 Å². The first kappa shape index (κ1) is 16.4. The van der Waals surface area contributed by atoms with Crippen LogP contribution in [0.15, 0.2) is 6.07 Å². The maximum absolute atomic E-state index is 11.6. The number of carbonyl (C=O) groups excluding carboxylic acids is 1. The van der Waals surface area contributed by atoms with Gasteiger partial charge in [-0.25, -0.2) is 0 Å². The van der Waals surface area contributed by atoms with Gasteiger partial charge in [0.15, 0.2) is 5.00 Å². The fraction of sp³-hybridized carbons (Fsp3) is 0.583. The third-order valence-electron chi connectivity index (χ3n) is 2.70. The predicted molar refractivity (Wildman–Crippen MR) is 78.2 cm³/mol. The molecule has 0 aliphatic rings. The number of thiophene rings is 1. The fourth-order valence-electron chi connectivity index (χ4n) is 1.71. The van der Waals surface area contributed by atoms with Crippen molar-refractivity contribution in [2.45, 2.75) is 26.9 Å². The molecular weight excluding hydrogens is 282 g/mol. The predicted octanol–water partition coefficient (Wildman–Crippen LogP) is 1.67. The van der Waals surface area contributed by atoms with E-state index in [0.29, 0.717) is 23.0 Å². The molecule has 0 spiro atoms. The standard InChI is InChI=1S/C12H19N3O4S/c1-4-13-11(17)7-14(5-2)12-9(15(18)19)6-10(20-12)8(3)16/h6,8,16H,4-5,7H2,1-3H3,(H,13,17). The summed E-state index contributed by atoms with van der Waals surface area (Å²) in [6.07, 6.45) is -0.768. The highest BCUT2D eigenvalue weighted by Crippen LogP contribution is 2.39. The molecule has 1 rings (SSSR count). The first-order chi connectivity index (χ1) is 9.40. The van der Waals surface area contributed by atoms with Crippen molar-refractivity contribution in [3.05, 3.63) is 21.1 Å². The Bertz CT molecular complexity index is 487. The van der Waals surface area contributed by atoms with Gasteiger partial charge in [-0.2, -0.15) is 0 Å². The van der Waals surface area contributed by atoms with Gasteiger partial charge in [0, 0.05) is 24.0 Å². The van der Waals surface area contributed by atoms with E-state index in [1.165, 1.54) is 6.07 Å². The number of amides is 1. The Balaban J connectivity index is 3.07. The molecule has 1 unspecified atom stereocenters. The number of nitro groups is 1. The second kappa shape index (κ2) is 7.20. The minimum absolute atomic E-state index is 0.0605. The van der Waals surface area contributed by atoms with Crippen molar-refractivity contribution in [2.24, 2.45) is 0 Å². The quantitative estimate of drug-likeness (QED) is 0.590. The summed E-state index contributed by atoms with van der Waals surface area (Å²) in [5.41, 5.74) is -0.0722. The van der Waals surface area contributed by atoms with Crippen molar-refractivity contribution in [2.75, 3.05) is 24.5 Å². The molecule has 1 amide bonds. The smallest absolute Gasteiger partial charge is 0.304 e. The van der Waals surface area contributed by atoms with Crippen LogP contribution in [0.5, 0.6) is 0 Å². The van der Waals surface area contributed by atoms with Gasteiger partial charge in [0.05, 0.1) is 17.6 Å². The van der Waals surface area contributed by atoms with Gasteiger partial charge < -0.3 is 15.3 Å². The van der Waals surface area contributed by atoms with Crippen molar-refractivity contribution < 1.29 is 14.8 Å². The van der Waals surface area contributed by atoms with Gasteiger partial charge in [0.1, 0.15) is 0 Å². The summed E-state index contributed by atoms with van der Waals surface area (Å²) in [6, 6.07) is 1.37.